The summed E-state index contributed by atoms with van der Waals surface area (Å²) in [6.45, 7) is 0. The fraction of sp³-hybridized carbons (Fsp3) is 0.500. The largest absolute Gasteiger partial charge is 0.417 e. The summed E-state index contributed by atoms with van der Waals surface area (Å²) < 4.78 is 36.2. The maximum absolute atomic E-state index is 12.1. The zero-order valence-electron chi connectivity index (χ0n) is 6.28. The van der Waals surface area contributed by atoms with E-state index in [1.165, 1.54) is 6.07 Å². The molecule has 0 aliphatic heterocycles. The molecular weight excluding hydrogens is 167 g/mol. The third-order valence-electron chi connectivity index (χ3n) is 2.05. The van der Waals surface area contributed by atoms with Gasteiger partial charge < -0.3 is 4.98 Å². The lowest BCUT2D eigenvalue weighted by Gasteiger charge is -2.00. The van der Waals surface area contributed by atoms with Gasteiger partial charge in [0.25, 0.3) is 0 Å². The number of alkyl halides is 3. The maximum Gasteiger partial charge on any atom is 0.417 e. The Morgan fingerprint density at radius 3 is 2.42 bits per heavy atom. The van der Waals surface area contributed by atoms with Crippen LogP contribution in [0.5, 0.6) is 0 Å². The summed E-state index contributed by atoms with van der Waals surface area (Å²) in [7, 11) is 0. The first-order chi connectivity index (χ1) is 5.57. The van der Waals surface area contributed by atoms with Crippen molar-refractivity contribution in [1.29, 1.82) is 0 Å². The molecule has 1 nitrogen and oxygen atoms in total. The molecule has 1 aromatic rings. The Labute approximate surface area is 67.6 Å². The van der Waals surface area contributed by atoms with Crippen LogP contribution in [0.3, 0.4) is 0 Å². The second kappa shape index (κ2) is 2.28. The molecule has 0 saturated heterocycles. The second-order valence-electron chi connectivity index (χ2n) is 3.12. The monoisotopic (exact) mass is 175 g/mol. The van der Waals surface area contributed by atoms with Crippen LogP contribution in [-0.2, 0) is 6.18 Å². The van der Waals surface area contributed by atoms with Gasteiger partial charge in [-0.15, -0.1) is 0 Å². The third-order valence-corrected chi connectivity index (χ3v) is 2.05. The second-order valence-corrected chi connectivity index (χ2v) is 3.12. The van der Waals surface area contributed by atoms with E-state index in [1.807, 2.05) is 0 Å². The van der Waals surface area contributed by atoms with Gasteiger partial charge in [0.05, 0.1) is 5.56 Å². The smallest absolute Gasteiger partial charge is 0.364 e. The predicted octanol–water partition coefficient (Wildman–Crippen LogP) is 2.91. The number of hydrogen-bond acceptors (Lipinski definition) is 0. The van der Waals surface area contributed by atoms with Gasteiger partial charge >= 0.3 is 6.18 Å². The molecular formula is C8H8F3N. The molecule has 1 N–H and O–H groups in total. The molecule has 0 aromatic carbocycles. The minimum absolute atomic E-state index is 0.348. The van der Waals surface area contributed by atoms with Crippen molar-refractivity contribution in [1.82, 2.24) is 4.98 Å². The van der Waals surface area contributed by atoms with E-state index in [-0.39, 0.29) is 0 Å². The molecule has 1 saturated carbocycles. The molecule has 0 atom stereocenters. The van der Waals surface area contributed by atoms with E-state index in [0.717, 1.165) is 24.7 Å². The van der Waals surface area contributed by atoms with Crippen LogP contribution in [0.25, 0.3) is 0 Å². The van der Waals surface area contributed by atoms with Crippen molar-refractivity contribution in [2.24, 2.45) is 0 Å². The Morgan fingerprint density at radius 2 is 2.00 bits per heavy atom. The molecule has 0 bridgehead atoms. The van der Waals surface area contributed by atoms with Crippen molar-refractivity contribution in [3.8, 4) is 0 Å². The molecule has 1 heterocycles. The van der Waals surface area contributed by atoms with E-state index in [2.05, 4.69) is 4.98 Å². The Bertz CT molecular complexity index is 283. The molecule has 1 fully saturated rings. The topological polar surface area (TPSA) is 15.8 Å². The van der Waals surface area contributed by atoms with Gasteiger partial charge in [0.2, 0.25) is 0 Å². The van der Waals surface area contributed by atoms with Crippen molar-refractivity contribution in [3.05, 3.63) is 23.5 Å². The number of halogens is 3. The highest BCUT2D eigenvalue weighted by Crippen LogP contribution is 2.41. The van der Waals surface area contributed by atoms with Gasteiger partial charge in [0, 0.05) is 11.9 Å². The quantitative estimate of drug-likeness (QED) is 0.675. The molecule has 4 heteroatoms. The molecule has 2 rings (SSSR count). The van der Waals surface area contributed by atoms with Gasteiger partial charge in [-0.05, 0) is 24.8 Å². The number of rotatable bonds is 1. The molecule has 0 amide bonds. The Kier molecular flexibility index (Phi) is 1.46. The summed E-state index contributed by atoms with van der Waals surface area (Å²) >= 11 is 0. The summed E-state index contributed by atoms with van der Waals surface area (Å²) in [6, 6.07) is 1.21. The number of aromatic nitrogens is 1. The van der Waals surface area contributed by atoms with E-state index in [4.69, 9.17) is 0 Å². The minimum Gasteiger partial charge on any atom is -0.364 e. The lowest BCUT2D eigenvalue weighted by molar-refractivity contribution is -0.137. The van der Waals surface area contributed by atoms with E-state index < -0.39 is 11.7 Å². The van der Waals surface area contributed by atoms with Gasteiger partial charge in [-0.2, -0.15) is 13.2 Å². The number of aromatic amines is 1. The molecule has 1 aromatic heterocycles. The highest BCUT2D eigenvalue weighted by Gasteiger charge is 2.34. The van der Waals surface area contributed by atoms with E-state index in [1.54, 1.807) is 0 Å². The van der Waals surface area contributed by atoms with E-state index in [0.29, 0.717) is 5.92 Å². The van der Waals surface area contributed by atoms with Crippen LogP contribution in [0, 0.1) is 0 Å². The van der Waals surface area contributed by atoms with Crippen LogP contribution in [0.4, 0.5) is 13.2 Å². The lowest BCUT2D eigenvalue weighted by atomic mass is 10.2. The number of hydrogen-bond donors (Lipinski definition) is 1. The average molecular weight is 175 g/mol. The zero-order chi connectivity index (χ0) is 8.77. The first kappa shape index (κ1) is 7.71. The Hall–Kier alpha value is -0.930. The summed E-state index contributed by atoms with van der Waals surface area (Å²) in [5.41, 5.74) is 0.159. The van der Waals surface area contributed by atoms with Crippen LogP contribution in [0.15, 0.2) is 12.3 Å². The van der Waals surface area contributed by atoms with Crippen molar-refractivity contribution < 1.29 is 13.2 Å². The van der Waals surface area contributed by atoms with Crippen LogP contribution in [0.2, 0.25) is 0 Å². The summed E-state index contributed by atoms with van der Waals surface area (Å²) in [5.74, 6) is 0.348. The molecule has 66 valence electrons. The average Bonchev–Trinajstić information content (AvgIpc) is 2.66. The van der Waals surface area contributed by atoms with Crippen LogP contribution >= 0.6 is 0 Å². The molecule has 0 spiro atoms. The molecule has 0 unspecified atom stereocenters. The molecule has 12 heavy (non-hydrogen) atoms. The third kappa shape index (κ3) is 1.33. The minimum atomic E-state index is -4.20. The van der Waals surface area contributed by atoms with Gasteiger partial charge in [-0.3, -0.25) is 0 Å². The highest BCUT2D eigenvalue weighted by atomic mass is 19.4. The van der Waals surface area contributed by atoms with E-state index in [9.17, 15) is 13.2 Å². The Morgan fingerprint density at radius 1 is 1.33 bits per heavy atom. The number of nitrogens with one attached hydrogen (secondary N) is 1. The van der Waals surface area contributed by atoms with Crippen molar-refractivity contribution in [3.63, 3.8) is 0 Å². The fourth-order valence-electron chi connectivity index (χ4n) is 1.21. The van der Waals surface area contributed by atoms with Crippen LogP contribution < -0.4 is 0 Å². The first-order valence-corrected chi connectivity index (χ1v) is 3.83. The van der Waals surface area contributed by atoms with E-state index >= 15 is 0 Å². The molecule has 1 aliphatic carbocycles. The van der Waals surface area contributed by atoms with Gasteiger partial charge in [-0.25, -0.2) is 0 Å². The predicted molar refractivity (Wildman–Crippen MR) is 37.8 cm³/mol. The number of H-pyrrole nitrogens is 1. The van der Waals surface area contributed by atoms with Gasteiger partial charge in [0.15, 0.2) is 0 Å². The fourth-order valence-corrected chi connectivity index (χ4v) is 1.21. The summed E-state index contributed by atoms with van der Waals surface area (Å²) in [4.78, 5) is 2.65. The van der Waals surface area contributed by atoms with Gasteiger partial charge in [-0.1, -0.05) is 0 Å². The highest BCUT2D eigenvalue weighted by molar-refractivity contribution is 5.24. The SMILES string of the molecule is FC(F)(F)c1c[nH]c(C2CC2)c1. The zero-order valence-corrected chi connectivity index (χ0v) is 6.28. The van der Waals surface area contributed by atoms with Crippen LogP contribution in [0.1, 0.15) is 30.0 Å². The summed E-state index contributed by atoms with van der Waals surface area (Å²) in [5, 5.41) is 0. The van der Waals surface area contributed by atoms with Crippen molar-refractivity contribution >= 4 is 0 Å². The maximum atomic E-state index is 12.1. The lowest BCUT2D eigenvalue weighted by Crippen LogP contribution is -2.02. The van der Waals surface area contributed by atoms with Crippen molar-refractivity contribution in [2.75, 3.05) is 0 Å². The van der Waals surface area contributed by atoms with Crippen molar-refractivity contribution in [2.45, 2.75) is 24.9 Å². The molecule has 0 radical (unpaired) electrons. The van der Waals surface area contributed by atoms with Crippen LogP contribution in [-0.4, -0.2) is 4.98 Å². The normalized spacial score (nSPS) is 18.2. The Balaban J connectivity index is 2.23. The summed E-state index contributed by atoms with van der Waals surface area (Å²) in [6.07, 6.45) is -1.15. The molecule has 1 aliphatic rings. The standard InChI is InChI=1S/C8H8F3N/c9-8(10,11)6-3-7(12-4-6)5-1-2-5/h3-5,12H,1-2H2. The van der Waals surface area contributed by atoms with Gasteiger partial charge in [0.1, 0.15) is 0 Å². The first-order valence-electron chi connectivity index (χ1n) is 3.83.